The Balaban J connectivity index is 1.99. The molecular weight excluding hydrogens is 243 g/mol. The number of hydrogen-bond acceptors (Lipinski definition) is 2. The van der Waals surface area contributed by atoms with Crippen molar-refractivity contribution in [3.63, 3.8) is 0 Å². The molecule has 0 bridgehead atoms. The van der Waals surface area contributed by atoms with Crippen molar-refractivity contribution in [2.45, 2.75) is 38.3 Å². The van der Waals surface area contributed by atoms with Crippen molar-refractivity contribution in [1.82, 2.24) is 5.32 Å². The molecule has 0 aliphatic carbocycles. The third-order valence-corrected chi connectivity index (χ3v) is 2.92. The second-order valence-electron chi connectivity index (χ2n) is 5.15. The molecule has 0 amide bonds. The van der Waals surface area contributed by atoms with Gasteiger partial charge in [0.15, 0.2) is 0 Å². The highest BCUT2D eigenvalue weighted by atomic mass is 19.4. The molecule has 1 aliphatic rings. The summed E-state index contributed by atoms with van der Waals surface area (Å²) in [6.45, 7) is 4.71. The summed E-state index contributed by atoms with van der Waals surface area (Å²) in [5.41, 5.74) is 0.00131. The van der Waals surface area contributed by atoms with Crippen molar-refractivity contribution < 1.29 is 17.9 Å². The van der Waals surface area contributed by atoms with E-state index in [1.165, 1.54) is 12.1 Å². The van der Waals surface area contributed by atoms with Crippen molar-refractivity contribution >= 4 is 0 Å². The van der Waals surface area contributed by atoms with Gasteiger partial charge in [-0.15, -0.1) is 0 Å². The molecule has 1 heterocycles. The molecular formula is C13H16F3NO. The summed E-state index contributed by atoms with van der Waals surface area (Å²) in [7, 11) is 0. The first-order valence-electron chi connectivity index (χ1n) is 5.84. The van der Waals surface area contributed by atoms with Gasteiger partial charge >= 0.3 is 6.18 Å². The summed E-state index contributed by atoms with van der Waals surface area (Å²) >= 11 is 0. The zero-order valence-corrected chi connectivity index (χ0v) is 10.3. The summed E-state index contributed by atoms with van der Waals surface area (Å²) in [5, 5.41) is 3.20. The molecule has 5 heteroatoms. The third-order valence-electron chi connectivity index (χ3n) is 2.92. The van der Waals surface area contributed by atoms with Crippen LogP contribution in [0.15, 0.2) is 24.3 Å². The fourth-order valence-corrected chi connectivity index (χ4v) is 1.99. The van der Waals surface area contributed by atoms with E-state index >= 15 is 0 Å². The monoisotopic (exact) mass is 259 g/mol. The largest absolute Gasteiger partial charge is 0.416 e. The molecule has 0 spiro atoms. The van der Waals surface area contributed by atoms with E-state index in [1.807, 2.05) is 13.8 Å². The molecule has 2 nitrogen and oxygen atoms in total. The molecule has 1 aliphatic heterocycles. The van der Waals surface area contributed by atoms with Crippen LogP contribution >= 0.6 is 0 Å². The molecule has 18 heavy (non-hydrogen) atoms. The summed E-state index contributed by atoms with van der Waals surface area (Å²) in [6.07, 6.45) is -3.83. The van der Waals surface area contributed by atoms with Gasteiger partial charge in [-0.25, -0.2) is 0 Å². The lowest BCUT2D eigenvalue weighted by Crippen LogP contribution is -2.24. The van der Waals surface area contributed by atoms with Crippen LogP contribution in [0.2, 0.25) is 0 Å². The molecule has 1 N–H and O–H groups in total. The first kappa shape index (κ1) is 13.4. The van der Waals surface area contributed by atoms with Crippen LogP contribution in [0.3, 0.4) is 0 Å². The topological polar surface area (TPSA) is 21.3 Å². The Morgan fingerprint density at radius 3 is 2.33 bits per heavy atom. The van der Waals surface area contributed by atoms with Gasteiger partial charge in [0.1, 0.15) is 6.23 Å². The summed E-state index contributed by atoms with van der Waals surface area (Å²) in [6, 6.07) is 5.21. The van der Waals surface area contributed by atoms with Crippen molar-refractivity contribution in [2.24, 2.45) is 0 Å². The lowest BCUT2D eigenvalue weighted by atomic mass is 10.1. The van der Waals surface area contributed by atoms with Crippen LogP contribution in [-0.4, -0.2) is 18.4 Å². The maximum absolute atomic E-state index is 12.4. The Kier molecular flexibility index (Phi) is 3.38. The summed E-state index contributed by atoms with van der Waals surface area (Å²) in [5.74, 6) is 0. The maximum atomic E-state index is 12.4. The first-order chi connectivity index (χ1) is 8.26. The minimum Gasteiger partial charge on any atom is -0.356 e. The van der Waals surface area contributed by atoms with E-state index in [1.54, 1.807) is 0 Å². The maximum Gasteiger partial charge on any atom is 0.416 e. The van der Waals surface area contributed by atoms with E-state index < -0.39 is 11.7 Å². The van der Waals surface area contributed by atoms with E-state index in [4.69, 9.17) is 4.74 Å². The predicted octanol–water partition coefficient (Wildman–Crippen LogP) is 2.97. The number of rotatable bonds is 2. The fourth-order valence-electron chi connectivity index (χ4n) is 1.99. The Bertz CT molecular complexity index is 411. The van der Waals surface area contributed by atoms with Crippen molar-refractivity contribution in [2.75, 3.05) is 6.54 Å². The standard InChI is InChI=1S/C13H16F3NO/c1-12(2)8-17-11(18-12)7-9-3-5-10(6-4-9)13(14,15)16/h3-6,11,17H,7-8H2,1-2H3. The van der Waals surface area contributed by atoms with Crippen molar-refractivity contribution in [3.05, 3.63) is 35.4 Å². The van der Waals surface area contributed by atoms with Crippen LogP contribution < -0.4 is 5.32 Å². The molecule has 0 radical (unpaired) electrons. The van der Waals surface area contributed by atoms with E-state index in [9.17, 15) is 13.2 Å². The van der Waals surface area contributed by atoms with Gasteiger partial charge in [0, 0.05) is 13.0 Å². The Morgan fingerprint density at radius 2 is 1.89 bits per heavy atom. The lowest BCUT2D eigenvalue weighted by Gasteiger charge is -2.17. The SMILES string of the molecule is CC1(C)CNC(Cc2ccc(C(F)(F)F)cc2)O1. The molecule has 1 aromatic rings. The zero-order chi connectivity index (χ0) is 13.4. The number of alkyl halides is 3. The van der Waals surface area contributed by atoms with E-state index in [2.05, 4.69) is 5.32 Å². The van der Waals surface area contributed by atoms with Crippen LogP contribution in [0.25, 0.3) is 0 Å². The molecule has 1 aromatic carbocycles. The normalized spacial score (nSPS) is 23.3. The van der Waals surface area contributed by atoms with E-state index in [-0.39, 0.29) is 11.8 Å². The van der Waals surface area contributed by atoms with Gasteiger partial charge < -0.3 is 4.74 Å². The lowest BCUT2D eigenvalue weighted by molar-refractivity contribution is -0.137. The number of ether oxygens (including phenoxy) is 1. The van der Waals surface area contributed by atoms with Crippen LogP contribution in [-0.2, 0) is 17.3 Å². The van der Waals surface area contributed by atoms with Gasteiger partial charge in [-0.3, -0.25) is 5.32 Å². The van der Waals surface area contributed by atoms with Gasteiger partial charge in [0.25, 0.3) is 0 Å². The van der Waals surface area contributed by atoms with Gasteiger partial charge in [0.2, 0.25) is 0 Å². The molecule has 1 fully saturated rings. The van der Waals surface area contributed by atoms with Crippen LogP contribution in [0.4, 0.5) is 13.2 Å². The smallest absolute Gasteiger partial charge is 0.356 e. The molecule has 2 rings (SSSR count). The Labute approximate surface area is 104 Å². The zero-order valence-electron chi connectivity index (χ0n) is 10.3. The van der Waals surface area contributed by atoms with Gasteiger partial charge in [-0.1, -0.05) is 12.1 Å². The van der Waals surface area contributed by atoms with Crippen LogP contribution in [0, 0.1) is 0 Å². The molecule has 0 saturated carbocycles. The van der Waals surface area contributed by atoms with E-state index in [0.717, 1.165) is 24.2 Å². The van der Waals surface area contributed by atoms with Crippen molar-refractivity contribution in [3.8, 4) is 0 Å². The van der Waals surface area contributed by atoms with Crippen molar-refractivity contribution in [1.29, 1.82) is 0 Å². The first-order valence-corrected chi connectivity index (χ1v) is 5.84. The molecule has 100 valence electrons. The molecule has 1 atom stereocenters. The second-order valence-corrected chi connectivity index (χ2v) is 5.15. The summed E-state index contributed by atoms with van der Waals surface area (Å²) < 4.78 is 42.9. The Hall–Kier alpha value is -1.07. The predicted molar refractivity (Wildman–Crippen MR) is 62.1 cm³/mol. The highest BCUT2D eigenvalue weighted by Crippen LogP contribution is 2.29. The number of benzene rings is 1. The number of nitrogens with one attached hydrogen (secondary N) is 1. The highest BCUT2D eigenvalue weighted by molar-refractivity contribution is 5.25. The van der Waals surface area contributed by atoms with Crippen LogP contribution in [0.1, 0.15) is 25.0 Å². The molecule has 1 saturated heterocycles. The second kappa shape index (κ2) is 4.55. The quantitative estimate of drug-likeness (QED) is 0.881. The van der Waals surface area contributed by atoms with E-state index in [0.29, 0.717) is 6.42 Å². The van der Waals surface area contributed by atoms with Gasteiger partial charge in [0.05, 0.1) is 11.2 Å². The average molecular weight is 259 g/mol. The third kappa shape index (κ3) is 3.23. The average Bonchev–Trinajstić information content (AvgIpc) is 2.57. The molecule has 0 aromatic heterocycles. The minimum absolute atomic E-state index is 0.128. The number of hydrogen-bond donors (Lipinski definition) is 1. The fraction of sp³-hybridized carbons (Fsp3) is 0.538. The number of halogens is 3. The highest BCUT2D eigenvalue weighted by Gasteiger charge is 2.32. The van der Waals surface area contributed by atoms with Crippen LogP contribution in [0.5, 0.6) is 0 Å². The van der Waals surface area contributed by atoms with Gasteiger partial charge in [-0.05, 0) is 31.5 Å². The summed E-state index contributed by atoms with van der Waals surface area (Å²) in [4.78, 5) is 0. The van der Waals surface area contributed by atoms with Gasteiger partial charge in [-0.2, -0.15) is 13.2 Å². The Morgan fingerprint density at radius 1 is 1.28 bits per heavy atom. The minimum atomic E-state index is -4.28. The molecule has 1 unspecified atom stereocenters.